The van der Waals surface area contributed by atoms with Crippen molar-refractivity contribution in [3.8, 4) is 0 Å². The number of carbonyl (C=O) groups excluding carboxylic acids is 1. The second-order valence-electron chi connectivity index (χ2n) is 5.62. The van der Waals surface area contributed by atoms with E-state index < -0.39 is 0 Å². The van der Waals surface area contributed by atoms with Gasteiger partial charge in [0.15, 0.2) is 0 Å². The lowest BCUT2D eigenvalue weighted by molar-refractivity contribution is -0.121. The molecule has 1 aliphatic rings. The van der Waals surface area contributed by atoms with Crippen LogP contribution in [0.15, 0.2) is 0 Å². The minimum absolute atomic E-state index is 0.143. The molecular formula is C15H25N5O. The SMILES string of the molecule is CCCc1nc(N)c(C)c(NCCCC(=O)NC2CC2)n1. The summed E-state index contributed by atoms with van der Waals surface area (Å²) in [5, 5.41) is 6.25. The Morgan fingerprint density at radius 3 is 2.81 bits per heavy atom. The van der Waals surface area contributed by atoms with Crippen LogP contribution in [0.5, 0.6) is 0 Å². The molecule has 2 rings (SSSR count). The summed E-state index contributed by atoms with van der Waals surface area (Å²) in [6.45, 7) is 4.71. The average molecular weight is 291 g/mol. The van der Waals surface area contributed by atoms with E-state index in [0.717, 1.165) is 49.3 Å². The lowest BCUT2D eigenvalue weighted by atomic mass is 10.2. The molecule has 1 aromatic heterocycles. The molecule has 1 aromatic rings. The highest BCUT2D eigenvalue weighted by atomic mass is 16.1. The molecule has 116 valence electrons. The zero-order chi connectivity index (χ0) is 15.2. The Morgan fingerprint density at radius 1 is 1.38 bits per heavy atom. The first-order valence-electron chi connectivity index (χ1n) is 7.76. The van der Waals surface area contributed by atoms with Crippen molar-refractivity contribution < 1.29 is 4.79 Å². The lowest BCUT2D eigenvalue weighted by Gasteiger charge is -2.11. The summed E-state index contributed by atoms with van der Waals surface area (Å²) in [6, 6.07) is 0.436. The predicted molar refractivity (Wildman–Crippen MR) is 84.1 cm³/mol. The number of amides is 1. The summed E-state index contributed by atoms with van der Waals surface area (Å²) in [5.41, 5.74) is 6.78. The number of aryl methyl sites for hydroxylation is 1. The van der Waals surface area contributed by atoms with Crippen molar-refractivity contribution in [3.63, 3.8) is 0 Å². The van der Waals surface area contributed by atoms with Crippen molar-refractivity contribution in [1.29, 1.82) is 0 Å². The van der Waals surface area contributed by atoms with Crippen LogP contribution in [0.4, 0.5) is 11.6 Å². The molecule has 1 heterocycles. The second kappa shape index (κ2) is 7.24. The molecule has 0 aromatic carbocycles. The van der Waals surface area contributed by atoms with Crippen LogP contribution in [0.2, 0.25) is 0 Å². The van der Waals surface area contributed by atoms with Crippen molar-refractivity contribution in [1.82, 2.24) is 15.3 Å². The molecule has 0 atom stereocenters. The molecular weight excluding hydrogens is 266 g/mol. The normalized spacial score (nSPS) is 14.0. The second-order valence-corrected chi connectivity index (χ2v) is 5.62. The maximum absolute atomic E-state index is 11.6. The minimum Gasteiger partial charge on any atom is -0.383 e. The average Bonchev–Trinajstić information content (AvgIpc) is 3.24. The third kappa shape index (κ3) is 4.88. The summed E-state index contributed by atoms with van der Waals surface area (Å²) in [4.78, 5) is 20.4. The molecule has 1 fully saturated rings. The first kappa shape index (κ1) is 15.5. The van der Waals surface area contributed by atoms with E-state index in [-0.39, 0.29) is 5.91 Å². The van der Waals surface area contributed by atoms with Gasteiger partial charge in [0.05, 0.1) is 0 Å². The minimum atomic E-state index is 0.143. The zero-order valence-electron chi connectivity index (χ0n) is 12.9. The Bertz CT molecular complexity index is 499. The molecule has 0 radical (unpaired) electrons. The molecule has 0 aliphatic heterocycles. The molecule has 0 saturated heterocycles. The Hall–Kier alpha value is -1.85. The van der Waals surface area contributed by atoms with E-state index in [1.807, 2.05) is 6.92 Å². The van der Waals surface area contributed by atoms with Crippen LogP contribution in [0.1, 0.15) is 50.4 Å². The van der Waals surface area contributed by atoms with Crippen molar-refractivity contribution >= 4 is 17.5 Å². The molecule has 4 N–H and O–H groups in total. The molecule has 6 nitrogen and oxygen atoms in total. The number of anilines is 2. The van der Waals surface area contributed by atoms with E-state index in [2.05, 4.69) is 27.5 Å². The van der Waals surface area contributed by atoms with E-state index in [1.54, 1.807) is 0 Å². The van der Waals surface area contributed by atoms with Gasteiger partial charge in [-0.1, -0.05) is 6.92 Å². The molecule has 21 heavy (non-hydrogen) atoms. The van der Waals surface area contributed by atoms with Gasteiger partial charge in [0.1, 0.15) is 17.5 Å². The standard InChI is InChI=1S/C15H25N5O/c1-3-5-12-19-14(16)10(2)15(20-12)17-9-4-6-13(21)18-11-7-8-11/h11H,3-9H2,1-2H3,(H,18,21)(H3,16,17,19,20). The number of aromatic nitrogens is 2. The molecule has 0 unspecified atom stereocenters. The van der Waals surface area contributed by atoms with Gasteiger partial charge in [0, 0.05) is 31.0 Å². The van der Waals surface area contributed by atoms with Gasteiger partial charge in [-0.05, 0) is 32.6 Å². The number of hydrogen-bond donors (Lipinski definition) is 3. The van der Waals surface area contributed by atoms with Gasteiger partial charge >= 0.3 is 0 Å². The Balaban J connectivity index is 1.79. The number of nitrogens with two attached hydrogens (primary N) is 1. The monoisotopic (exact) mass is 291 g/mol. The van der Waals surface area contributed by atoms with E-state index in [9.17, 15) is 4.79 Å². The molecule has 1 aliphatic carbocycles. The van der Waals surface area contributed by atoms with Gasteiger partial charge in [-0.3, -0.25) is 4.79 Å². The summed E-state index contributed by atoms with van der Waals surface area (Å²) in [5.74, 6) is 2.23. The highest BCUT2D eigenvalue weighted by Crippen LogP contribution is 2.19. The summed E-state index contributed by atoms with van der Waals surface area (Å²) in [7, 11) is 0. The van der Waals surface area contributed by atoms with E-state index in [1.165, 1.54) is 0 Å². The van der Waals surface area contributed by atoms with Gasteiger partial charge < -0.3 is 16.4 Å². The van der Waals surface area contributed by atoms with E-state index in [4.69, 9.17) is 5.73 Å². The van der Waals surface area contributed by atoms with Crippen molar-refractivity contribution in [2.24, 2.45) is 0 Å². The van der Waals surface area contributed by atoms with E-state index >= 15 is 0 Å². The largest absolute Gasteiger partial charge is 0.383 e. The number of hydrogen-bond acceptors (Lipinski definition) is 5. The fourth-order valence-corrected chi connectivity index (χ4v) is 2.07. The quantitative estimate of drug-likeness (QED) is 0.635. The van der Waals surface area contributed by atoms with Crippen LogP contribution in [0, 0.1) is 6.92 Å². The Morgan fingerprint density at radius 2 is 2.14 bits per heavy atom. The zero-order valence-corrected chi connectivity index (χ0v) is 12.9. The first-order valence-corrected chi connectivity index (χ1v) is 7.76. The van der Waals surface area contributed by atoms with Gasteiger partial charge in [-0.25, -0.2) is 9.97 Å². The van der Waals surface area contributed by atoms with Crippen LogP contribution in [0.25, 0.3) is 0 Å². The topological polar surface area (TPSA) is 92.9 Å². The Kier molecular flexibility index (Phi) is 5.36. The number of nitrogens with one attached hydrogen (secondary N) is 2. The van der Waals surface area contributed by atoms with Gasteiger partial charge in [0.25, 0.3) is 0 Å². The number of rotatable bonds is 8. The summed E-state index contributed by atoms with van der Waals surface area (Å²) in [6.07, 6.45) is 5.40. The van der Waals surface area contributed by atoms with Gasteiger partial charge in [-0.2, -0.15) is 0 Å². The maximum Gasteiger partial charge on any atom is 0.220 e. The van der Waals surface area contributed by atoms with Crippen LogP contribution in [0.3, 0.4) is 0 Å². The van der Waals surface area contributed by atoms with Crippen LogP contribution in [-0.2, 0) is 11.2 Å². The highest BCUT2D eigenvalue weighted by molar-refractivity contribution is 5.76. The number of nitrogen functional groups attached to an aromatic ring is 1. The van der Waals surface area contributed by atoms with Gasteiger partial charge in [-0.15, -0.1) is 0 Å². The fourth-order valence-electron chi connectivity index (χ4n) is 2.07. The maximum atomic E-state index is 11.6. The van der Waals surface area contributed by atoms with Crippen molar-refractivity contribution in [2.45, 2.75) is 58.4 Å². The Labute approximate surface area is 125 Å². The lowest BCUT2D eigenvalue weighted by Crippen LogP contribution is -2.25. The van der Waals surface area contributed by atoms with Crippen LogP contribution >= 0.6 is 0 Å². The van der Waals surface area contributed by atoms with E-state index in [0.29, 0.717) is 24.8 Å². The van der Waals surface area contributed by atoms with Crippen molar-refractivity contribution in [2.75, 3.05) is 17.6 Å². The van der Waals surface area contributed by atoms with Crippen LogP contribution < -0.4 is 16.4 Å². The van der Waals surface area contributed by atoms with Crippen LogP contribution in [-0.4, -0.2) is 28.5 Å². The van der Waals surface area contributed by atoms with Gasteiger partial charge in [0.2, 0.25) is 5.91 Å². The highest BCUT2D eigenvalue weighted by Gasteiger charge is 2.22. The third-order valence-corrected chi connectivity index (χ3v) is 3.52. The summed E-state index contributed by atoms with van der Waals surface area (Å²) >= 11 is 0. The molecule has 1 saturated carbocycles. The van der Waals surface area contributed by atoms with Crippen molar-refractivity contribution in [3.05, 3.63) is 11.4 Å². The molecule has 0 bridgehead atoms. The fraction of sp³-hybridized carbons (Fsp3) is 0.667. The smallest absolute Gasteiger partial charge is 0.220 e. The third-order valence-electron chi connectivity index (χ3n) is 3.52. The molecule has 6 heteroatoms. The number of carbonyl (C=O) groups is 1. The first-order chi connectivity index (χ1) is 10.1. The summed E-state index contributed by atoms with van der Waals surface area (Å²) < 4.78 is 0. The predicted octanol–water partition coefficient (Wildman–Crippen LogP) is 1.79. The number of nitrogens with zero attached hydrogens (tertiary/aromatic N) is 2. The molecule has 0 spiro atoms. The molecule has 1 amide bonds.